The van der Waals surface area contributed by atoms with Crippen LogP contribution in [0.2, 0.25) is 0 Å². The fraction of sp³-hybridized carbons (Fsp3) is 0.600. The zero-order valence-corrected chi connectivity index (χ0v) is 9.87. The van der Waals surface area contributed by atoms with Gasteiger partial charge < -0.3 is 4.90 Å². The maximum Gasteiger partial charge on any atom is 0.146 e. The summed E-state index contributed by atoms with van der Waals surface area (Å²) in [5.74, 6) is 1.01. The minimum atomic E-state index is 0.654. The first kappa shape index (κ1) is 9.90. The van der Waals surface area contributed by atoms with E-state index < -0.39 is 0 Å². The van der Waals surface area contributed by atoms with E-state index in [9.17, 15) is 0 Å². The van der Waals surface area contributed by atoms with E-state index in [1.54, 1.807) is 12.5 Å². The minimum Gasteiger partial charge on any atom is -0.356 e. The maximum absolute atomic E-state index is 4.29. The van der Waals surface area contributed by atoms with Gasteiger partial charge in [0.15, 0.2) is 0 Å². The molecule has 1 aromatic heterocycles. The van der Waals surface area contributed by atoms with Gasteiger partial charge in [0.1, 0.15) is 12.1 Å². The molecule has 1 aliphatic carbocycles. The molecule has 14 heavy (non-hydrogen) atoms. The van der Waals surface area contributed by atoms with Crippen LogP contribution in [0.25, 0.3) is 0 Å². The maximum atomic E-state index is 4.29. The van der Waals surface area contributed by atoms with Crippen molar-refractivity contribution < 1.29 is 0 Å². The van der Waals surface area contributed by atoms with Gasteiger partial charge in [-0.2, -0.15) is 0 Å². The first-order valence-corrected chi connectivity index (χ1v) is 5.76. The highest BCUT2D eigenvalue weighted by Gasteiger charge is 2.21. The van der Waals surface area contributed by atoms with Crippen molar-refractivity contribution in [2.45, 2.75) is 31.7 Å². The summed E-state index contributed by atoms with van der Waals surface area (Å²) in [6.45, 7) is 0. The summed E-state index contributed by atoms with van der Waals surface area (Å²) >= 11 is 3.48. The summed E-state index contributed by atoms with van der Waals surface area (Å²) in [5.41, 5.74) is 0. The van der Waals surface area contributed by atoms with Crippen LogP contribution in [0.15, 0.2) is 17.0 Å². The van der Waals surface area contributed by atoms with Crippen molar-refractivity contribution in [1.29, 1.82) is 0 Å². The molecule has 0 aliphatic heterocycles. The molecule has 1 aromatic rings. The SMILES string of the molecule is CN(c1ncncc1Br)C1CCCC1. The van der Waals surface area contributed by atoms with Gasteiger partial charge in [-0.3, -0.25) is 0 Å². The van der Waals surface area contributed by atoms with E-state index >= 15 is 0 Å². The van der Waals surface area contributed by atoms with Gasteiger partial charge in [0.25, 0.3) is 0 Å². The Balaban J connectivity index is 2.17. The van der Waals surface area contributed by atoms with Crippen molar-refractivity contribution in [3.8, 4) is 0 Å². The quantitative estimate of drug-likeness (QED) is 0.814. The molecular weight excluding hydrogens is 242 g/mol. The van der Waals surface area contributed by atoms with Gasteiger partial charge >= 0.3 is 0 Å². The highest BCUT2D eigenvalue weighted by atomic mass is 79.9. The van der Waals surface area contributed by atoms with Crippen LogP contribution < -0.4 is 4.90 Å². The Kier molecular flexibility index (Phi) is 3.01. The second kappa shape index (κ2) is 4.26. The zero-order valence-electron chi connectivity index (χ0n) is 8.28. The summed E-state index contributed by atoms with van der Waals surface area (Å²) in [4.78, 5) is 10.5. The molecule has 0 atom stereocenters. The number of aromatic nitrogens is 2. The van der Waals surface area contributed by atoms with Crippen molar-refractivity contribution in [3.05, 3.63) is 17.0 Å². The Hall–Kier alpha value is -0.640. The van der Waals surface area contributed by atoms with E-state index in [0.29, 0.717) is 6.04 Å². The molecule has 3 nitrogen and oxygen atoms in total. The normalized spacial score (nSPS) is 17.3. The van der Waals surface area contributed by atoms with E-state index in [1.807, 2.05) is 0 Å². The van der Waals surface area contributed by atoms with Crippen molar-refractivity contribution >= 4 is 21.7 Å². The summed E-state index contributed by atoms with van der Waals surface area (Å²) in [6, 6.07) is 0.654. The van der Waals surface area contributed by atoms with Gasteiger partial charge in [-0.1, -0.05) is 12.8 Å². The van der Waals surface area contributed by atoms with E-state index in [2.05, 4.69) is 37.8 Å². The van der Waals surface area contributed by atoms with Crippen LogP contribution in [0.3, 0.4) is 0 Å². The molecule has 4 heteroatoms. The molecule has 0 aromatic carbocycles. The average Bonchev–Trinajstić information content (AvgIpc) is 2.70. The van der Waals surface area contributed by atoms with Crippen LogP contribution in [0.1, 0.15) is 25.7 Å². The molecule has 1 saturated carbocycles. The number of anilines is 1. The first-order valence-electron chi connectivity index (χ1n) is 4.97. The predicted octanol–water partition coefficient (Wildman–Crippen LogP) is 2.62. The third kappa shape index (κ3) is 1.90. The Bertz CT molecular complexity index is 310. The Morgan fingerprint density at radius 2 is 2.14 bits per heavy atom. The summed E-state index contributed by atoms with van der Waals surface area (Å²) in [5, 5.41) is 0. The lowest BCUT2D eigenvalue weighted by Crippen LogP contribution is -2.29. The standard InChI is InChI=1S/C10H14BrN3/c1-14(8-4-2-3-5-8)10-9(11)6-12-7-13-10/h6-8H,2-5H2,1H3. The fourth-order valence-corrected chi connectivity index (χ4v) is 2.53. The van der Waals surface area contributed by atoms with E-state index in [-0.39, 0.29) is 0 Å². The Morgan fingerprint density at radius 3 is 2.79 bits per heavy atom. The van der Waals surface area contributed by atoms with Crippen molar-refractivity contribution in [1.82, 2.24) is 9.97 Å². The second-order valence-corrected chi connectivity index (χ2v) is 4.60. The molecule has 76 valence electrons. The number of rotatable bonds is 2. The smallest absolute Gasteiger partial charge is 0.146 e. The van der Waals surface area contributed by atoms with Gasteiger partial charge in [-0.05, 0) is 28.8 Å². The van der Waals surface area contributed by atoms with Crippen LogP contribution in [-0.4, -0.2) is 23.1 Å². The summed E-state index contributed by atoms with van der Waals surface area (Å²) < 4.78 is 0.981. The highest BCUT2D eigenvalue weighted by molar-refractivity contribution is 9.10. The fourth-order valence-electron chi connectivity index (χ4n) is 2.03. The number of nitrogens with zero attached hydrogens (tertiary/aromatic N) is 3. The molecule has 0 spiro atoms. The highest BCUT2D eigenvalue weighted by Crippen LogP contribution is 2.29. The van der Waals surface area contributed by atoms with Crippen LogP contribution in [-0.2, 0) is 0 Å². The molecule has 0 N–H and O–H groups in total. The Labute approximate surface area is 92.7 Å². The lowest BCUT2D eigenvalue weighted by molar-refractivity contribution is 0.644. The monoisotopic (exact) mass is 255 g/mol. The largest absolute Gasteiger partial charge is 0.356 e. The predicted molar refractivity (Wildman–Crippen MR) is 60.4 cm³/mol. The van der Waals surface area contributed by atoms with Gasteiger partial charge in [0, 0.05) is 19.3 Å². The van der Waals surface area contributed by atoms with Crippen LogP contribution in [0.5, 0.6) is 0 Å². The van der Waals surface area contributed by atoms with Crippen LogP contribution in [0.4, 0.5) is 5.82 Å². The van der Waals surface area contributed by atoms with E-state index in [1.165, 1.54) is 25.7 Å². The second-order valence-electron chi connectivity index (χ2n) is 3.74. The van der Waals surface area contributed by atoms with Gasteiger partial charge in [-0.15, -0.1) is 0 Å². The molecule has 0 amide bonds. The molecule has 1 heterocycles. The number of hydrogen-bond donors (Lipinski definition) is 0. The summed E-state index contributed by atoms with van der Waals surface area (Å²) in [6.07, 6.45) is 8.66. The topological polar surface area (TPSA) is 29.0 Å². The lowest BCUT2D eigenvalue weighted by atomic mass is 10.2. The van der Waals surface area contributed by atoms with Crippen molar-refractivity contribution in [2.24, 2.45) is 0 Å². The number of hydrogen-bond acceptors (Lipinski definition) is 3. The van der Waals surface area contributed by atoms with Gasteiger partial charge in [-0.25, -0.2) is 9.97 Å². The molecule has 0 radical (unpaired) electrons. The van der Waals surface area contributed by atoms with E-state index in [4.69, 9.17) is 0 Å². The summed E-state index contributed by atoms with van der Waals surface area (Å²) in [7, 11) is 2.11. The van der Waals surface area contributed by atoms with Crippen LogP contribution in [0, 0.1) is 0 Å². The zero-order chi connectivity index (χ0) is 9.97. The van der Waals surface area contributed by atoms with E-state index in [0.717, 1.165) is 10.3 Å². The van der Waals surface area contributed by atoms with Crippen molar-refractivity contribution in [2.75, 3.05) is 11.9 Å². The minimum absolute atomic E-state index is 0.654. The third-order valence-corrected chi connectivity index (χ3v) is 3.41. The van der Waals surface area contributed by atoms with Gasteiger partial charge in [0.05, 0.1) is 4.47 Å². The molecule has 0 saturated heterocycles. The van der Waals surface area contributed by atoms with Crippen LogP contribution >= 0.6 is 15.9 Å². The molecular formula is C10H14BrN3. The van der Waals surface area contributed by atoms with Crippen molar-refractivity contribution in [3.63, 3.8) is 0 Å². The molecule has 0 unspecified atom stereocenters. The molecule has 1 aliphatic rings. The number of halogens is 1. The average molecular weight is 256 g/mol. The van der Waals surface area contributed by atoms with Gasteiger partial charge in [0.2, 0.25) is 0 Å². The Morgan fingerprint density at radius 1 is 1.43 bits per heavy atom. The lowest BCUT2D eigenvalue weighted by Gasteiger charge is -2.25. The third-order valence-electron chi connectivity index (χ3n) is 2.85. The molecule has 0 bridgehead atoms. The first-order chi connectivity index (χ1) is 6.79. The molecule has 2 rings (SSSR count). The molecule has 1 fully saturated rings.